The molecule has 0 amide bonds. The molecule has 1 N–H and O–H groups in total. The fourth-order valence-electron chi connectivity index (χ4n) is 2.88. The van der Waals surface area contributed by atoms with E-state index in [1.54, 1.807) is 0 Å². The Hall–Kier alpha value is -2.18. The molecular formula is C21H24O5. The Balaban J connectivity index is 1.72. The van der Waals surface area contributed by atoms with Crippen molar-refractivity contribution in [2.24, 2.45) is 0 Å². The van der Waals surface area contributed by atoms with Gasteiger partial charge in [0.15, 0.2) is 0 Å². The summed E-state index contributed by atoms with van der Waals surface area (Å²) >= 11 is 0. The molecule has 1 fully saturated rings. The Bertz CT molecular complexity index is 688. The highest BCUT2D eigenvalue weighted by atomic mass is 16.7. The van der Waals surface area contributed by atoms with Crippen LogP contribution in [0.4, 0.5) is 0 Å². The van der Waals surface area contributed by atoms with Crippen LogP contribution in [0.25, 0.3) is 0 Å². The molecule has 138 valence electrons. The highest BCUT2D eigenvalue weighted by Gasteiger charge is 2.44. The molecule has 0 radical (unpaired) electrons. The first-order valence-corrected chi connectivity index (χ1v) is 8.56. The second-order valence-corrected chi connectivity index (χ2v) is 6.16. The molecule has 1 aliphatic rings. The molecule has 0 saturated carbocycles. The van der Waals surface area contributed by atoms with E-state index in [1.165, 1.54) is 7.11 Å². The SMILES string of the molecule is C=C1OC(OC)C(OCc2ccccc2)C(OCc2ccccc2)C1O. The van der Waals surface area contributed by atoms with Gasteiger partial charge in [-0.05, 0) is 11.1 Å². The molecule has 0 bridgehead atoms. The van der Waals surface area contributed by atoms with Crippen LogP contribution in [0.2, 0.25) is 0 Å². The van der Waals surface area contributed by atoms with Gasteiger partial charge in [0.1, 0.15) is 24.1 Å². The van der Waals surface area contributed by atoms with Crippen LogP contribution in [-0.2, 0) is 32.2 Å². The van der Waals surface area contributed by atoms with E-state index in [4.69, 9.17) is 18.9 Å². The lowest BCUT2D eigenvalue weighted by Gasteiger charge is -2.40. The van der Waals surface area contributed by atoms with Gasteiger partial charge in [-0.3, -0.25) is 0 Å². The van der Waals surface area contributed by atoms with Crippen molar-refractivity contribution in [3.8, 4) is 0 Å². The number of aliphatic hydroxyl groups is 1. The summed E-state index contributed by atoms with van der Waals surface area (Å²) in [5, 5.41) is 10.5. The maximum Gasteiger partial charge on any atom is 0.228 e. The fourth-order valence-corrected chi connectivity index (χ4v) is 2.88. The first kappa shape index (κ1) is 18.6. The number of aliphatic hydroxyl groups excluding tert-OH is 1. The number of rotatable bonds is 7. The average Bonchev–Trinajstić information content (AvgIpc) is 2.69. The Kier molecular flexibility index (Phi) is 6.41. The van der Waals surface area contributed by atoms with Crippen molar-refractivity contribution in [1.29, 1.82) is 0 Å². The lowest BCUT2D eigenvalue weighted by atomic mass is 10.0. The largest absolute Gasteiger partial charge is 0.464 e. The third-order valence-corrected chi connectivity index (χ3v) is 4.30. The zero-order valence-electron chi connectivity index (χ0n) is 14.8. The van der Waals surface area contributed by atoms with Crippen LogP contribution in [-0.4, -0.2) is 36.8 Å². The van der Waals surface area contributed by atoms with Crippen molar-refractivity contribution in [1.82, 2.24) is 0 Å². The third kappa shape index (κ3) is 4.51. The summed E-state index contributed by atoms with van der Waals surface area (Å²) in [7, 11) is 1.53. The van der Waals surface area contributed by atoms with Crippen LogP contribution in [0.1, 0.15) is 11.1 Å². The maximum atomic E-state index is 10.5. The van der Waals surface area contributed by atoms with Gasteiger partial charge in [-0.25, -0.2) is 0 Å². The van der Waals surface area contributed by atoms with Gasteiger partial charge in [0.2, 0.25) is 6.29 Å². The minimum absolute atomic E-state index is 0.217. The van der Waals surface area contributed by atoms with Crippen molar-refractivity contribution in [3.05, 3.63) is 84.1 Å². The predicted molar refractivity (Wildman–Crippen MR) is 97.1 cm³/mol. The second kappa shape index (κ2) is 8.96. The zero-order valence-corrected chi connectivity index (χ0v) is 14.8. The summed E-state index contributed by atoms with van der Waals surface area (Å²) < 4.78 is 23.0. The minimum Gasteiger partial charge on any atom is -0.464 e. The highest BCUT2D eigenvalue weighted by Crippen LogP contribution is 2.29. The first-order valence-electron chi connectivity index (χ1n) is 8.56. The standard InChI is InChI=1S/C21H24O5/c1-15-18(22)19(24-13-16-9-5-3-6-10-16)20(21(23-2)26-15)25-14-17-11-7-4-8-12-17/h3-12,18-22H,1,13-14H2,2H3. The number of ether oxygens (including phenoxy) is 4. The number of hydrogen-bond donors (Lipinski definition) is 1. The van der Waals surface area contributed by atoms with E-state index in [-0.39, 0.29) is 5.76 Å². The van der Waals surface area contributed by atoms with Gasteiger partial charge in [-0.1, -0.05) is 67.2 Å². The Labute approximate surface area is 153 Å². The van der Waals surface area contributed by atoms with Crippen LogP contribution >= 0.6 is 0 Å². The molecule has 1 saturated heterocycles. The molecule has 1 heterocycles. The summed E-state index contributed by atoms with van der Waals surface area (Å²) in [6.07, 6.45) is -2.93. The van der Waals surface area contributed by atoms with Crippen molar-refractivity contribution in [2.45, 2.75) is 37.8 Å². The van der Waals surface area contributed by atoms with E-state index in [2.05, 4.69) is 6.58 Å². The predicted octanol–water partition coefficient (Wildman–Crippen LogP) is 3.03. The topological polar surface area (TPSA) is 57.2 Å². The quantitative estimate of drug-likeness (QED) is 0.826. The van der Waals surface area contributed by atoms with Crippen LogP contribution in [0.15, 0.2) is 73.0 Å². The molecule has 0 aliphatic carbocycles. The monoisotopic (exact) mass is 356 g/mol. The first-order chi connectivity index (χ1) is 12.7. The molecule has 3 rings (SSSR count). The molecule has 4 unspecified atom stereocenters. The van der Waals surface area contributed by atoms with E-state index in [0.29, 0.717) is 13.2 Å². The number of benzene rings is 2. The zero-order chi connectivity index (χ0) is 18.4. The van der Waals surface area contributed by atoms with Gasteiger partial charge >= 0.3 is 0 Å². The van der Waals surface area contributed by atoms with Gasteiger partial charge in [-0.2, -0.15) is 0 Å². The molecule has 2 aromatic carbocycles. The Morgan fingerprint density at radius 3 is 1.88 bits per heavy atom. The summed E-state index contributed by atoms with van der Waals surface area (Å²) in [5.74, 6) is 0.217. The van der Waals surface area contributed by atoms with Crippen molar-refractivity contribution in [3.63, 3.8) is 0 Å². The molecule has 1 aliphatic heterocycles. The molecule has 4 atom stereocenters. The van der Waals surface area contributed by atoms with E-state index < -0.39 is 24.6 Å². The molecule has 2 aromatic rings. The highest BCUT2D eigenvalue weighted by molar-refractivity contribution is 5.15. The molecule has 5 heteroatoms. The summed E-state index contributed by atoms with van der Waals surface area (Å²) in [6, 6.07) is 19.6. The summed E-state index contributed by atoms with van der Waals surface area (Å²) in [6.45, 7) is 4.47. The van der Waals surface area contributed by atoms with Gasteiger partial charge in [0, 0.05) is 7.11 Å². The summed E-state index contributed by atoms with van der Waals surface area (Å²) in [5.41, 5.74) is 2.02. The normalized spacial score (nSPS) is 25.7. The van der Waals surface area contributed by atoms with E-state index in [1.807, 2.05) is 60.7 Å². The maximum absolute atomic E-state index is 10.5. The smallest absolute Gasteiger partial charge is 0.228 e. The fraction of sp³-hybridized carbons (Fsp3) is 0.333. The lowest BCUT2D eigenvalue weighted by molar-refractivity contribution is -0.263. The van der Waals surface area contributed by atoms with E-state index in [0.717, 1.165) is 11.1 Å². The Morgan fingerprint density at radius 1 is 0.885 bits per heavy atom. The molecule has 26 heavy (non-hydrogen) atoms. The minimum atomic E-state index is -0.995. The van der Waals surface area contributed by atoms with Crippen molar-refractivity contribution in [2.75, 3.05) is 7.11 Å². The lowest BCUT2D eigenvalue weighted by Crippen LogP contribution is -2.54. The Morgan fingerprint density at radius 2 is 1.38 bits per heavy atom. The molecule has 5 nitrogen and oxygen atoms in total. The van der Waals surface area contributed by atoms with E-state index >= 15 is 0 Å². The molecular weight excluding hydrogens is 332 g/mol. The van der Waals surface area contributed by atoms with Crippen molar-refractivity contribution >= 4 is 0 Å². The van der Waals surface area contributed by atoms with Gasteiger partial charge in [-0.15, -0.1) is 0 Å². The summed E-state index contributed by atoms with van der Waals surface area (Å²) in [4.78, 5) is 0. The van der Waals surface area contributed by atoms with Crippen LogP contribution in [0.3, 0.4) is 0 Å². The molecule has 0 aromatic heterocycles. The van der Waals surface area contributed by atoms with Gasteiger partial charge in [0.05, 0.1) is 13.2 Å². The van der Waals surface area contributed by atoms with Gasteiger partial charge in [0.25, 0.3) is 0 Å². The number of hydrogen-bond acceptors (Lipinski definition) is 5. The van der Waals surface area contributed by atoms with Gasteiger partial charge < -0.3 is 24.1 Å². The number of methoxy groups -OCH3 is 1. The third-order valence-electron chi connectivity index (χ3n) is 4.30. The average molecular weight is 356 g/mol. The van der Waals surface area contributed by atoms with Crippen molar-refractivity contribution < 1.29 is 24.1 Å². The van der Waals surface area contributed by atoms with Crippen LogP contribution in [0, 0.1) is 0 Å². The van der Waals surface area contributed by atoms with Crippen LogP contribution in [0.5, 0.6) is 0 Å². The molecule has 0 spiro atoms. The van der Waals surface area contributed by atoms with E-state index in [9.17, 15) is 5.11 Å². The van der Waals surface area contributed by atoms with Crippen LogP contribution < -0.4 is 0 Å². The second-order valence-electron chi connectivity index (χ2n) is 6.16.